The number of rotatable bonds is 8. The van der Waals surface area contributed by atoms with E-state index < -0.39 is 0 Å². The lowest BCUT2D eigenvalue weighted by molar-refractivity contribution is 0.198. The SMILES string of the molecule is CCCCC=CN(CCO)CCO. The minimum absolute atomic E-state index is 0.137. The Labute approximate surface area is 80.7 Å². The van der Waals surface area contributed by atoms with Crippen LogP contribution in [0.2, 0.25) is 0 Å². The van der Waals surface area contributed by atoms with Crippen LogP contribution in [0.15, 0.2) is 12.3 Å². The van der Waals surface area contributed by atoms with Crippen LogP contribution in [0.3, 0.4) is 0 Å². The van der Waals surface area contributed by atoms with Gasteiger partial charge in [0, 0.05) is 13.1 Å². The highest BCUT2D eigenvalue weighted by Crippen LogP contribution is 1.97. The fourth-order valence-electron chi connectivity index (χ4n) is 1.06. The number of hydrogen-bond donors (Lipinski definition) is 2. The third-order valence-electron chi connectivity index (χ3n) is 1.81. The van der Waals surface area contributed by atoms with Gasteiger partial charge in [0.25, 0.3) is 0 Å². The zero-order valence-corrected chi connectivity index (χ0v) is 8.45. The van der Waals surface area contributed by atoms with Gasteiger partial charge in [-0.3, -0.25) is 0 Å². The molecule has 3 heteroatoms. The Bertz CT molecular complexity index is 120. The number of aliphatic hydroxyl groups excluding tert-OH is 2. The van der Waals surface area contributed by atoms with E-state index in [0.29, 0.717) is 13.1 Å². The molecule has 0 saturated carbocycles. The first-order valence-corrected chi connectivity index (χ1v) is 4.97. The molecule has 0 rings (SSSR count). The highest BCUT2D eigenvalue weighted by Gasteiger charge is 1.95. The molecule has 0 aliphatic carbocycles. The minimum Gasteiger partial charge on any atom is -0.395 e. The highest BCUT2D eigenvalue weighted by molar-refractivity contribution is 4.82. The van der Waals surface area contributed by atoms with Crippen LogP contribution in [0.1, 0.15) is 26.2 Å². The maximum atomic E-state index is 8.71. The van der Waals surface area contributed by atoms with E-state index in [1.54, 1.807) is 0 Å². The normalized spacial score (nSPS) is 11.0. The maximum absolute atomic E-state index is 8.71. The number of unbranched alkanes of at least 4 members (excludes halogenated alkanes) is 2. The molecule has 2 N–H and O–H groups in total. The molecule has 0 aromatic rings. The van der Waals surface area contributed by atoms with Gasteiger partial charge in [0.15, 0.2) is 0 Å². The fraction of sp³-hybridized carbons (Fsp3) is 0.800. The molecule has 0 atom stereocenters. The maximum Gasteiger partial charge on any atom is 0.0606 e. The molecule has 3 nitrogen and oxygen atoms in total. The van der Waals surface area contributed by atoms with Gasteiger partial charge in [0.2, 0.25) is 0 Å². The average molecular weight is 187 g/mol. The van der Waals surface area contributed by atoms with Crippen molar-refractivity contribution in [1.29, 1.82) is 0 Å². The molecule has 0 radical (unpaired) electrons. The van der Waals surface area contributed by atoms with Gasteiger partial charge in [-0.25, -0.2) is 0 Å². The predicted molar refractivity (Wildman–Crippen MR) is 54.4 cm³/mol. The summed E-state index contributed by atoms with van der Waals surface area (Å²) >= 11 is 0. The molecule has 0 aromatic carbocycles. The lowest BCUT2D eigenvalue weighted by Gasteiger charge is -2.17. The second-order valence-corrected chi connectivity index (χ2v) is 3.01. The van der Waals surface area contributed by atoms with E-state index in [4.69, 9.17) is 10.2 Å². The molecule has 13 heavy (non-hydrogen) atoms. The number of allylic oxidation sites excluding steroid dienone is 1. The van der Waals surface area contributed by atoms with E-state index in [9.17, 15) is 0 Å². The molecule has 0 bridgehead atoms. The first kappa shape index (κ1) is 12.5. The molecule has 0 saturated heterocycles. The van der Waals surface area contributed by atoms with Crippen molar-refractivity contribution in [2.24, 2.45) is 0 Å². The first-order valence-electron chi connectivity index (χ1n) is 4.97. The Balaban J connectivity index is 3.58. The molecule has 0 heterocycles. The second kappa shape index (κ2) is 9.55. The standard InChI is InChI=1S/C10H21NO2/c1-2-3-4-5-6-11(7-9-12)8-10-13/h5-6,12-13H,2-4,7-10H2,1H3. The number of aliphatic hydroxyl groups is 2. The van der Waals surface area contributed by atoms with Gasteiger partial charge >= 0.3 is 0 Å². The molecule has 0 spiro atoms. The number of hydrogen-bond acceptors (Lipinski definition) is 3. The molecule has 0 aliphatic heterocycles. The Morgan fingerprint density at radius 2 is 1.77 bits per heavy atom. The zero-order valence-electron chi connectivity index (χ0n) is 8.45. The van der Waals surface area contributed by atoms with Crippen LogP contribution in [-0.4, -0.2) is 41.4 Å². The highest BCUT2D eigenvalue weighted by atomic mass is 16.3. The molecule has 0 unspecified atom stereocenters. The molecule has 0 aromatic heterocycles. The van der Waals surface area contributed by atoms with Crippen molar-refractivity contribution in [3.63, 3.8) is 0 Å². The summed E-state index contributed by atoms with van der Waals surface area (Å²) < 4.78 is 0. The van der Waals surface area contributed by atoms with Gasteiger partial charge < -0.3 is 15.1 Å². The third-order valence-corrected chi connectivity index (χ3v) is 1.81. The van der Waals surface area contributed by atoms with E-state index in [1.807, 2.05) is 11.1 Å². The van der Waals surface area contributed by atoms with Crippen molar-refractivity contribution >= 4 is 0 Å². The van der Waals surface area contributed by atoms with Gasteiger partial charge in [-0.15, -0.1) is 0 Å². The summed E-state index contributed by atoms with van der Waals surface area (Å²) in [5.74, 6) is 0. The van der Waals surface area contributed by atoms with Crippen LogP contribution < -0.4 is 0 Å². The minimum atomic E-state index is 0.137. The van der Waals surface area contributed by atoms with Crippen LogP contribution in [0.25, 0.3) is 0 Å². The van der Waals surface area contributed by atoms with E-state index in [2.05, 4.69) is 13.0 Å². The van der Waals surface area contributed by atoms with Crippen molar-refractivity contribution in [2.75, 3.05) is 26.3 Å². The Hall–Kier alpha value is -0.540. The summed E-state index contributed by atoms with van der Waals surface area (Å²) in [5.41, 5.74) is 0. The summed E-state index contributed by atoms with van der Waals surface area (Å²) in [6.07, 6.45) is 7.52. The summed E-state index contributed by atoms with van der Waals surface area (Å²) in [7, 11) is 0. The molecule has 78 valence electrons. The Morgan fingerprint density at radius 3 is 2.23 bits per heavy atom. The van der Waals surface area contributed by atoms with Crippen LogP contribution in [0, 0.1) is 0 Å². The Kier molecular flexibility index (Phi) is 9.15. The van der Waals surface area contributed by atoms with Gasteiger partial charge in [0.05, 0.1) is 13.2 Å². The Morgan fingerprint density at radius 1 is 1.15 bits per heavy atom. The van der Waals surface area contributed by atoms with Crippen molar-refractivity contribution in [1.82, 2.24) is 4.90 Å². The van der Waals surface area contributed by atoms with Crippen LogP contribution in [-0.2, 0) is 0 Å². The summed E-state index contributed by atoms with van der Waals surface area (Å²) in [4.78, 5) is 1.93. The monoisotopic (exact) mass is 187 g/mol. The zero-order chi connectivity index (χ0) is 9.94. The summed E-state index contributed by atoms with van der Waals surface area (Å²) in [6.45, 7) is 3.63. The topological polar surface area (TPSA) is 43.7 Å². The van der Waals surface area contributed by atoms with Gasteiger partial charge in [-0.1, -0.05) is 25.8 Å². The van der Waals surface area contributed by atoms with E-state index in [-0.39, 0.29) is 13.2 Å². The van der Waals surface area contributed by atoms with Crippen LogP contribution in [0.4, 0.5) is 0 Å². The van der Waals surface area contributed by atoms with Gasteiger partial charge in [-0.05, 0) is 12.6 Å². The van der Waals surface area contributed by atoms with Crippen LogP contribution >= 0.6 is 0 Å². The van der Waals surface area contributed by atoms with Crippen molar-refractivity contribution in [3.8, 4) is 0 Å². The first-order chi connectivity index (χ1) is 6.35. The van der Waals surface area contributed by atoms with Gasteiger partial charge in [-0.2, -0.15) is 0 Å². The second-order valence-electron chi connectivity index (χ2n) is 3.01. The quantitative estimate of drug-likeness (QED) is 0.557. The largest absolute Gasteiger partial charge is 0.395 e. The summed E-state index contributed by atoms with van der Waals surface area (Å²) in [5, 5.41) is 17.4. The van der Waals surface area contributed by atoms with Crippen molar-refractivity contribution < 1.29 is 10.2 Å². The molecular weight excluding hydrogens is 166 g/mol. The van der Waals surface area contributed by atoms with Crippen LogP contribution in [0.5, 0.6) is 0 Å². The summed E-state index contributed by atoms with van der Waals surface area (Å²) in [6, 6.07) is 0. The smallest absolute Gasteiger partial charge is 0.0606 e. The number of nitrogens with zero attached hydrogens (tertiary/aromatic N) is 1. The van der Waals surface area contributed by atoms with E-state index in [0.717, 1.165) is 6.42 Å². The van der Waals surface area contributed by atoms with E-state index >= 15 is 0 Å². The molecule has 0 aliphatic rings. The van der Waals surface area contributed by atoms with Crippen molar-refractivity contribution in [2.45, 2.75) is 26.2 Å². The third kappa shape index (κ3) is 7.81. The van der Waals surface area contributed by atoms with Gasteiger partial charge in [0.1, 0.15) is 0 Å². The van der Waals surface area contributed by atoms with E-state index in [1.165, 1.54) is 12.8 Å². The average Bonchev–Trinajstić information content (AvgIpc) is 2.13. The fourth-order valence-corrected chi connectivity index (χ4v) is 1.06. The van der Waals surface area contributed by atoms with Crippen molar-refractivity contribution in [3.05, 3.63) is 12.3 Å². The lowest BCUT2D eigenvalue weighted by atomic mass is 10.2. The predicted octanol–water partition coefficient (Wildman–Crippen LogP) is 0.977. The molecular formula is C10H21NO2. The molecule has 0 amide bonds. The lowest BCUT2D eigenvalue weighted by Crippen LogP contribution is -2.24. The molecule has 0 fully saturated rings.